The topological polar surface area (TPSA) is 23.5 Å². The fourth-order valence-electron chi connectivity index (χ4n) is 3.13. The lowest BCUT2D eigenvalue weighted by Gasteiger charge is -2.35. The first-order valence-corrected chi connectivity index (χ1v) is 7.53. The van der Waals surface area contributed by atoms with E-state index < -0.39 is 0 Å². The van der Waals surface area contributed by atoms with Crippen LogP contribution >= 0.6 is 0 Å². The summed E-state index contributed by atoms with van der Waals surface area (Å²) in [4.78, 5) is 2.38. The summed E-state index contributed by atoms with van der Waals surface area (Å²) in [5, 5.41) is 10.2. The number of benzene rings is 2. The minimum atomic E-state index is -0.228. The van der Waals surface area contributed by atoms with Crippen LogP contribution in [0.3, 0.4) is 0 Å². The standard InChI is InChI=1S/C18H20FNO/c19-15-10-8-14(9-11-15)18(20-12-4-1-5-13-20)16-6-2-3-7-17(16)21/h2-3,6-11,18,21H,1,4-5,12-13H2. The summed E-state index contributed by atoms with van der Waals surface area (Å²) in [6.07, 6.45) is 3.60. The third kappa shape index (κ3) is 3.08. The van der Waals surface area contributed by atoms with Gasteiger partial charge in [0.2, 0.25) is 0 Å². The Bertz CT molecular complexity index is 590. The Balaban J connectivity index is 2.01. The molecule has 0 bridgehead atoms. The third-order valence-electron chi connectivity index (χ3n) is 4.17. The monoisotopic (exact) mass is 285 g/mol. The summed E-state index contributed by atoms with van der Waals surface area (Å²) in [5.41, 5.74) is 1.92. The Morgan fingerprint density at radius 1 is 0.905 bits per heavy atom. The normalized spacial score (nSPS) is 17.6. The highest BCUT2D eigenvalue weighted by molar-refractivity contribution is 5.40. The smallest absolute Gasteiger partial charge is 0.123 e. The van der Waals surface area contributed by atoms with Crippen LogP contribution in [0.1, 0.15) is 36.4 Å². The van der Waals surface area contributed by atoms with E-state index in [0.29, 0.717) is 5.75 Å². The fourth-order valence-corrected chi connectivity index (χ4v) is 3.13. The zero-order valence-electron chi connectivity index (χ0n) is 12.0. The molecule has 1 N–H and O–H groups in total. The molecule has 2 aromatic carbocycles. The zero-order chi connectivity index (χ0) is 14.7. The lowest BCUT2D eigenvalue weighted by atomic mass is 9.94. The van der Waals surface area contributed by atoms with Crippen molar-refractivity contribution in [1.82, 2.24) is 4.90 Å². The molecule has 2 aromatic rings. The van der Waals surface area contributed by atoms with Gasteiger partial charge in [-0.2, -0.15) is 0 Å². The van der Waals surface area contributed by atoms with Crippen LogP contribution in [-0.4, -0.2) is 23.1 Å². The average molecular weight is 285 g/mol. The first kappa shape index (κ1) is 14.1. The second kappa shape index (κ2) is 6.27. The highest BCUT2D eigenvalue weighted by Gasteiger charge is 2.25. The summed E-state index contributed by atoms with van der Waals surface area (Å²) in [5.74, 6) is 0.0748. The molecule has 1 aliphatic heterocycles. The second-order valence-corrected chi connectivity index (χ2v) is 5.61. The van der Waals surface area contributed by atoms with Gasteiger partial charge in [0.1, 0.15) is 11.6 Å². The Hall–Kier alpha value is -1.87. The van der Waals surface area contributed by atoms with Gasteiger partial charge in [0, 0.05) is 5.56 Å². The van der Waals surface area contributed by atoms with Crippen LogP contribution in [-0.2, 0) is 0 Å². The summed E-state index contributed by atoms with van der Waals surface area (Å²) < 4.78 is 13.2. The van der Waals surface area contributed by atoms with E-state index in [4.69, 9.17) is 0 Å². The number of halogens is 1. The molecule has 21 heavy (non-hydrogen) atoms. The molecule has 0 saturated carbocycles. The van der Waals surface area contributed by atoms with E-state index in [1.807, 2.05) is 30.3 Å². The average Bonchev–Trinajstić information content (AvgIpc) is 2.52. The molecule has 2 nitrogen and oxygen atoms in total. The number of nitrogens with zero attached hydrogens (tertiary/aromatic N) is 1. The van der Waals surface area contributed by atoms with Gasteiger partial charge in [-0.15, -0.1) is 0 Å². The van der Waals surface area contributed by atoms with Gasteiger partial charge in [-0.3, -0.25) is 4.90 Å². The Morgan fingerprint density at radius 3 is 2.24 bits per heavy atom. The highest BCUT2D eigenvalue weighted by atomic mass is 19.1. The minimum absolute atomic E-state index is 0.00731. The Labute approximate surface area is 124 Å². The molecule has 1 saturated heterocycles. The molecule has 1 unspecified atom stereocenters. The van der Waals surface area contributed by atoms with Crippen LogP contribution < -0.4 is 0 Å². The van der Waals surface area contributed by atoms with Crippen molar-refractivity contribution in [2.24, 2.45) is 0 Å². The molecule has 110 valence electrons. The predicted octanol–water partition coefficient (Wildman–Crippen LogP) is 4.11. The van der Waals surface area contributed by atoms with E-state index in [2.05, 4.69) is 4.90 Å². The minimum Gasteiger partial charge on any atom is -0.508 e. The molecule has 1 aliphatic rings. The summed E-state index contributed by atoms with van der Waals surface area (Å²) in [6, 6.07) is 14.1. The van der Waals surface area contributed by atoms with Gasteiger partial charge < -0.3 is 5.11 Å². The van der Waals surface area contributed by atoms with Crippen molar-refractivity contribution in [3.63, 3.8) is 0 Å². The SMILES string of the molecule is Oc1ccccc1C(c1ccc(F)cc1)N1CCCCC1. The van der Waals surface area contributed by atoms with E-state index in [9.17, 15) is 9.50 Å². The number of likely N-dealkylation sites (tertiary alicyclic amines) is 1. The number of aromatic hydroxyl groups is 1. The number of para-hydroxylation sites is 1. The lowest BCUT2D eigenvalue weighted by molar-refractivity contribution is 0.185. The van der Waals surface area contributed by atoms with Gasteiger partial charge >= 0.3 is 0 Å². The lowest BCUT2D eigenvalue weighted by Crippen LogP contribution is -2.34. The third-order valence-corrected chi connectivity index (χ3v) is 4.17. The second-order valence-electron chi connectivity index (χ2n) is 5.61. The van der Waals surface area contributed by atoms with Crippen molar-refractivity contribution >= 4 is 0 Å². The highest BCUT2D eigenvalue weighted by Crippen LogP contribution is 2.35. The van der Waals surface area contributed by atoms with Crippen molar-refractivity contribution in [2.45, 2.75) is 25.3 Å². The van der Waals surface area contributed by atoms with E-state index in [1.165, 1.54) is 31.4 Å². The summed E-state index contributed by atoms with van der Waals surface area (Å²) in [7, 11) is 0. The van der Waals surface area contributed by atoms with Crippen molar-refractivity contribution < 1.29 is 9.50 Å². The van der Waals surface area contributed by atoms with Crippen LogP contribution in [0.4, 0.5) is 4.39 Å². The van der Waals surface area contributed by atoms with Crippen LogP contribution in [0, 0.1) is 5.82 Å². The van der Waals surface area contributed by atoms with E-state index >= 15 is 0 Å². The van der Waals surface area contributed by atoms with Crippen LogP contribution in [0.5, 0.6) is 5.75 Å². The predicted molar refractivity (Wildman–Crippen MR) is 81.8 cm³/mol. The molecule has 0 aliphatic carbocycles. The van der Waals surface area contributed by atoms with Crippen molar-refractivity contribution in [2.75, 3.05) is 13.1 Å². The van der Waals surface area contributed by atoms with Gasteiger partial charge in [0.15, 0.2) is 0 Å². The van der Waals surface area contributed by atoms with Crippen LogP contribution in [0.15, 0.2) is 48.5 Å². The zero-order valence-corrected chi connectivity index (χ0v) is 12.0. The largest absolute Gasteiger partial charge is 0.508 e. The molecule has 1 fully saturated rings. The molecule has 0 amide bonds. The van der Waals surface area contributed by atoms with Gasteiger partial charge in [-0.25, -0.2) is 4.39 Å². The van der Waals surface area contributed by atoms with E-state index in [-0.39, 0.29) is 11.9 Å². The molecular weight excluding hydrogens is 265 g/mol. The number of phenolic OH excluding ortho intramolecular Hbond substituents is 1. The van der Waals surface area contributed by atoms with Gasteiger partial charge in [-0.1, -0.05) is 36.8 Å². The van der Waals surface area contributed by atoms with Crippen LogP contribution in [0.25, 0.3) is 0 Å². The molecular formula is C18H20FNO. The molecule has 1 atom stereocenters. The molecule has 0 radical (unpaired) electrons. The molecule has 3 rings (SSSR count). The molecule has 0 aromatic heterocycles. The Kier molecular flexibility index (Phi) is 4.20. The number of phenols is 1. The quantitative estimate of drug-likeness (QED) is 0.917. The molecule has 1 heterocycles. The first-order valence-electron chi connectivity index (χ1n) is 7.53. The number of hydrogen-bond donors (Lipinski definition) is 1. The number of piperidine rings is 1. The molecule has 3 heteroatoms. The molecule has 0 spiro atoms. The Morgan fingerprint density at radius 2 is 1.57 bits per heavy atom. The number of rotatable bonds is 3. The van der Waals surface area contributed by atoms with Crippen molar-refractivity contribution in [3.8, 4) is 5.75 Å². The van der Waals surface area contributed by atoms with Crippen molar-refractivity contribution in [1.29, 1.82) is 0 Å². The van der Waals surface area contributed by atoms with Crippen LogP contribution in [0.2, 0.25) is 0 Å². The maximum absolute atomic E-state index is 13.2. The summed E-state index contributed by atoms with van der Waals surface area (Å²) >= 11 is 0. The van der Waals surface area contributed by atoms with Gasteiger partial charge in [0.25, 0.3) is 0 Å². The van der Waals surface area contributed by atoms with Gasteiger partial charge in [-0.05, 0) is 49.7 Å². The summed E-state index contributed by atoms with van der Waals surface area (Å²) in [6.45, 7) is 2.02. The van der Waals surface area contributed by atoms with E-state index in [1.54, 1.807) is 6.07 Å². The maximum Gasteiger partial charge on any atom is 0.123 e. The fraction of sp³-hybridized carbons (Fsp3) is 0.333. The van der Waals surface area contributed by atoms with E-state index in [0.717, 1.165) is 24.2 Å². The number of hydrogen-bond acceptors (Lipinski definition) is 2. The first-order chi connectivity index (χ1) is 10.3. The van der Waals surface area contributed by atoms with Crippen molar-refractivity contribution in [3.05, 3.63) is 65.5 Å². The van der Waals surface area contributed by atoms with Gasteiger partial charge in [0.05, 0.1) is 6.04 Å². The maximum atomic E-state index is 13.2.